The van der Waals surface area contributed by atoms with Gasteiger partial charge >= 0.3 is 0 Å². The van der Waals surface area contributed by atoms with Gasteiger partial charge in [-0.05, 0) is 49.2 Å². The maximum Gasteiger partial charge on any atom is 0.254 e. The van der Waals surface area contributed by atoms with Crippen LogP contribution in [0.25, 0.3) is 0 Å². The summed E-state index contributed by atoms with van der Waals surface area (Å²) in [6.07, 6.45) is 0.897. The Labute approximate surface area is 174 Å². The first kappa shape index (κ1) is 20.4. The minimum atomic E-state index is 0.0481. The van der Waals surface area contributed by atoms with Crippen molar-refractivity contribution in [3.63, 3.8) is 0 Å². The fourth-order valence-corrected chi connectivity index (χ4v) is 3.69. The second-order valence-corrected chi connectivity index (χ2v) is 7.90. The molecule has 1 aromatic heterocycles. The maximum atomic E-state index is 13.0. The Kier molecular flexibility index (Phi) is 7.06. The van der Waals surface area contributed by atoms with E-state index in [0.717, 1.165) is 34.0 Å². The molecule has 1 amide bonds. The Morgan fingerprint density at radius 3 is 2.64 bits per heavy atom. The van der Waals surface area contributed by atoms with E-state index >= 15 is 0 Å². The average molecular weight is 415 g/mol. The quantitative estimate of drug-likeness (QED) is 0.472. The third-order valence-electron chi connectivity index (χ3n) is 4.28. The molecule has 0 radical (unpaired) electrons. The van der Waals surface area contributed by atoms with Crippen molar-refractivity contribution >= 4 is 28.8 Å². The number of aromatic nitrogens is 1. The monoisotopic (exact) mass is 414 g/mol. The number of rotatable bonds is 8. The van der Waals surface area contributed by atoms with Crippen LogP contribution in [0.2, 0.25) is 5.02 Å². The van der Waals surface area contributed by atoms with Crippen LogP contribution in [0.15, 0.2) is 53.9 Å². The Balaban J connectivity index is 1.64. The molecule has 3 rings (SSSR count). The van der Waals surface area contributed by atoms with Gasteiger partial charge in [0.05, 0.1) is 12.2 Å². The van der Waals surface area contributed by atoms with Gasteiger partial charge in [-0.15, -0.1) is 11.3 Å². The molecule has 6 heteroatoms. The molecular formula is C22H23ClN2O2S. The number of nitrogens with zero attached hydrogens (tertiary/aromatic N) is 2. The van der Waals surface area contributed by atoms with E-state index in [0.29, 0.717) is 24.7 Å². The van der Waals surface area contributed by atoms with E-state index in [-0.39, 0.29) is 5.91 Å². The normalized spacial score (nSPS) is 10.7. The van der Waals surface area contributed by atoms with Crippen molar-refractivity contribution in [3.05, 3.63) is 80.8 Å². The van der Waals surface area contributed by atoms with E-state index < -0.39 is 0 Å². The molecule has 0 aliphatic heterocycles. The van der Waals surface area contributed by atoms with E-state index in [1.165, 1.54) is 0 Å². The van der Waals surface area contributed by atoms with Gasteiger partial charge in [-0.2, -0.15) is 0 Å². The van der Waals surface area contributed by atoms with Crippen molar-refractivity contribution in [2.24, 2.45) is 0 Å². The third-order valence-corrected chi connectivity index (χ3v) is 5.41. The molecule has 0 atom stereocenters. The Morgan fingerprint density at radius 2 is 1.93 bits per heavy atom. The van der Waals surface area contributed by atoms with Crippen LogP contribution in [-0.4, -0.2) is 22.3 Å². The van der Waals surface area contributed by atoms with Gasteiger partial charge in [0.1, 0.15) is 17.4 Å². The van der Waals surface area contributed by atoms with Crippen LogP contribution in [0, 0.1) is 6.92 Å². The fourth-order valence-electron chi connectivity index (χ4n) is 2.86. The smallest absolute Gasteiger partial charge is 0.254 e. The minimum Gasteiger partial charge on any atom is -0.486 e. The van der Waals surface area contributed by atoms with Crippen LogP contribution in [-0.2, 0) is 13.2 Å². The van der Waals surface area contributed by atoms with Gasteiger partial charge in [0.25, 0.3) is 5.91 Å². The second-order valence-electron chi connectivity index (χ2n) is 6.52. The lowest BCUT2D eigenvalue weighted by molar-refractivity contribution is 0.0740. The lowest BCUT2D eigenvalue weighted by Crippen LogP contribution is -2.32. The van der Waals surface area contributed by atoms with Crippen LogP contribution < -0.4 is 4.74 Å². The lowest BCUT2D eigenvalue weighted by Gasteiger charge is -2.22. The highest BCUT2D eigenvalue weighted by Gasteiger charge is 2.18. The summed E-state index contributed by atoms with van der Waals surface area (Å²) in [5.74, 6) is 0.801. The van der Waals surface area contributed by atoms with E-state index in [4.69, 9.17) is 16.3 Å². The zero-order valence-corrected chi connectivity index (χ0v) is 17.6. The highest BCUT2D eigenvalue weighted by molar-refractivity contribution is 7.09. The number of hydrogen-bond donors (Lipinski definition) is 0. The number of aryl methyl sites for hydroxylation is 1. The molecule has 0 saturated heterocycles. The topological polar surface area (TPSA) is 42.4 Å². The van der Waals surface area contributed by atoms with Crippen LogP contribution in [0.4, 0.5) is 0 Å². The largest absolute Gasteiger partial charge is 0.486 e. The summed E-state index contributed by atoms with van der Waals surface area (Å²) < 4.78 is 5.75. The number of benzene rings is 2. The van der Waals surface area contributed by atoms with E-state index in [1.54, 1.807) is 23.5 Å². The molecule has 0 unspecified atom stereocenters. The summed E-state index contributed by atoms with van der Waals surface area (Å²) in [5, 5.41) is 3.55. The molecule has 0 aliphatic carbocycles. The molecule has 28 heavy (non-hydrogen) atoms. The maximum absolute atomic E-state index is 13.0. The Morgan fingerprint density at radius 1 is 1.18 bits per heavy atom. The lowest BCUT2D eigenvalue weighted by atomic mass is 10.1. The summed E-state index contributed by atoms with van der Waals surface area (Å²) in [7, 11) is 0. The molecule has 0 bridgehead atoms. The Hall–Kier alpha value is -2.37. The molecule has 0 aliphatic rings. The predicted molar refractivity (Wildman–Crippen MR) is 114 cm³/mol. The number of ether oxygens (including phenoxy) is 1. The van der Waals surface area contributed by atoms with Crippen molar-refractivity contribution in [1.82, 2.24) is 9.88 Å². The molecule has 2 aromatic carbocycles. The van der Waals surface area contributed by atoms with Crippen molar-refractivity contribution in [3.8, 4) is 5.75 Å². The fraction of sp³-hybridized carbons (Fsp3) is 0.273. The van der Waals surface area contributed by atoms with Gasteiger partial charge in [0, 0.05) is 22.5 Å². The first-order chi connectivity index (χ1) is 13.6. The highest BCUT2D eigenvalue weighted by atomic mass is 35.5. The third kappa shape index (κ3) is 5.33. The van der Waals surface area contributed by atoms with E-state index in [9.17, 15) is 4.79 Å². The molecule has 3 aromatic rings. The molecule has 0 saturated carbocycles. The highest BCUT2D eigenvalue weighted by Crippen LogP contribution is 2.20. The first-order valence-electron chi connectivity index (χ1n) is 9.23. The average Bonchev–Trinajstić information content (AvgIpc) is 3.14. The van der Waals surface area contributed by atoms with Crippen molar-refractivity contribution in [1.29, 1.82) is 0 Å². The van der Waals surface area contributed by atoms with Gasteiger partial charge in [-0.3, -0.25) is 4.79 Å². The summed E-state index contributed by atoms with van der Waals surface area (Å²) in [6.45, 7) is 5.63. The summed E-state index contributed by atoms with van der Waals surface area (Å²) in [5.41, 5.74) is 2.62. The standard InChI is InChI=1S/C22H23ClN2O2S/c1-3-12-25(22(26)20-7-5-4-6-16(20)2)13-18-15-28-21(24-18)14-27-19-10-8-17(23)9-11-19/h4-11,15H,3,12-14H2,1-2H3. The van der Waals surface area contributed by atoms with E-state index in [2.05, 4.69) is 11.9 Å². The molecule has 1 heterocycles. The van der Waals surface area contributed by atoms with Crippen LogP contribution >= 0.6 is 22.9 Å². The van der Waals surface area contributed by atoms with Gasteiger partial charge in [-0.1, -0.05) is 36.7 Å². The van der Waals surface area contributed by atoms with Gasteiger partial charge in [0.15, 0.2) is 0 Å². The number of thiazole rings is 1. The zero-order chi connectivity index (χ0) is 19.9. The summed E-state index contributed by atoms with van der Waals surface area (Å²) in [6, 6.07) is 15.0. The van der Waals surface area contributed by atoms with Crippen molar-refractivity contribution in [2.75, 3.05) is 6.54 Å². The molecule has 4 nitrogen and oxygen atoms in total. The minimum absolute atomic E-state index is 0.0481. The number of amides is 1. The second kappa shape index (κ2) is 9.71. The van der Waals surface area contributed by atoms with Crippen LogP contribution in [0.3, 0.4) is 0 Å². The molecule has 0 fully saturated rings. The number of carbonyl (C=O) groups is 1. The molecule has 146 valence electrons. The van der Waals surface area contributed by atoms with Gasteiger partial charge in [0.2, 0.25) is 0 Å². The first-order valence-corrected chi connectivity index (χ1v) is 10.5. The number of hydrogen-bond acceptors (Lipinski definition) is 4. The Bertz CT molecular complexity index is 924. The number of carbonyl (C=O) groups excluding carboxylic acids is 1. The molecule has 0 spiro atoms. The molecule has 0 N–H and O–H groups in total. The SMILES string of the molecule is CCCN(Cc1csc(COc2ccc(Cl)cc2)n1)C(=O)c1ccccc1C. The summed E-state index contributed by atoms with van der Waals surface area (Å²) in [4.78, 5) is 19.5. The summed E-state index contributed by atoms with van der Waals surface area (Å²) >= 11 is 7.43. The van der Waals surface area contributed by atoms with Crippen molar-refractivity contribution in [2.45, 2.75) is 33.4 Å². The zero-order valence-electron chi connectivity index (χ0n) is 16.0. The number of halogens is 1. The van der Waals surface area contributed by atoms with Crippen LogP contribution in [0.5, 0.6) is 5.75 Å². The van der Waals surface area contributed by atoms with Crippen LogP contribution in [0.1, 0.15) is 40.0 Å². The predicted octanol–water partition coefficient (Wildman–Crippen LogP) is 5.74. The van der Waals surface area contributed by atoms with Gasteiger partial charge in [-0.25, -0.2) is 4.98 Å². The van der Waals surface area contributed by atoms with Gasteiger partial charge < -0.3 is 9.64 Å². The van der Waals surface area contributed by atoms with Crippen molar-refractivity contribution < 1.29 is 9.53 Å². The molecular weight excluding hydrogens is 392 g/mol. The van der Waals surface area contributed by atoms with E-state index in [1.807, 2.05) is 53.6 Å².